The fourth-order valence-corrected chi connectivity index (χ4v) is 3.94. The summed E-state index contributed by atoms with van der Waals surface area (Å²) in [4.78, 5) is 33.7. The summed E-state index contributed by atoms with van der Waals surface area (Å²) in [6.07, 6.45) is 3.86. The van der Waals surface area contributed by atoms with Gasteiger partial charge in [-0.2, -0.15) is 0 Å². The van der Waals surface area contributed by atoms with E-state index in [0.717, 1.165) is 18.5 Å². The van der Waals surface area contributed by atoms with Crippen LogP contribution in [0.2, 0.25) is 0 Å². The summed E-state index contributed by atoms with van der Waals surface area (Å²) in [6, 6.07) is 14.3. The Morgan fingerprint density at radius 1 is 0.974 bits per heavy atom. The fourth-order valence-electron chi connectivity index (χ4n) is 3.94. The monoisotopic (exact) mass is 534 g/mol. The van der Waals surface area contributed by atoms with E-state index in [0.29, 0.717) is 24.3 Å². The van der Waals surface area contributed by atoms with Gasteiger partial charge in [-0.25, -0.2) is 4.98 Å². The number of aromatic nitrogens is 3. The second-order valence-electron chi connectivity index (χ2n) is 8.64. The van der Waals surface area contributed by atoms with Crippen molar-refractivity contribution in [3.63, 3.8) is 0 Å². The van der Waals surface area contributed by atoms with Crippen molar-refractivity contribution in [3.8, 4) is 11.5 Å². The number of aryl methyl sites for hydroxylation is 1. The van der Waals surface area contributed by atoms with Crippen LogP contribution in [0.5, 0.6) is 11.5 Å². The third kappa shape index (κ3) is 6.47. The highest BCUT2D eigenvalue weighted by Crippen LogP contribution is 2.42. The Hall–Kier alpha value is -5.00. The normalized spacial score (nSPS) is 13.1. The molecule has 3 heterocycles. The van der Waals surface area contributed by atoms with Crippen LogP contribution >= 0.6 is 0 Å². The number of alkyl halides is 2. The summed E-state index contributed by atoms with van der Waals surface area (Å²) in [5.74, 6) is -1.00. The topological polar surface area (TPSA) is 119 Å². The van der Waals surface area contributed by atoms with Gasteiger partial charge in [0.05, 0.1) is 11.9 Å². The smallest absolute Gasteiger partial charge is 0.395 e. The highest BCUT2D eigenvalue weighted by molar-refractivity contribution is 6.08. The zero-order valence-electron chi connectivity index (χ0n) is 20.6. The molecular formula is C27H24F2N6O4. The van der Waals surface area contributed by atoms with Gasteiger partial charge in [-0.05, 0) is 48.4 Å². The number of halogens is 2. The average Bonchev–Trinajstić information content (AvgIpc) is 3.56. The van der Waals surface area contributed by atoms with E-state index >= 15 is 0 Å². The Morgan fingerprint density at radius 3 is 2.67 bits per heavy atom. The number of pyridine rings is 1. The van der Waals surface area contributed by atoms with Crippen LogP contribution in [0.3, 0.4) is 0 Å². The number of carbonyl (C=O) groups is 2. The maximum atomic E-state index is 13.3. The van der Waals surface area contributed by atoms with Gasteiger partial charge in [-0.15, -0.1) is 8.78 Å². The number of ether oxygens (including phenoxy) is 2. The zero-order chi connectivity index (χ0) is 27.2. The first kappa shape index (κ1) is 25.6. The SMILES string of the molecule is O=C(NCCCn1ccnc1)c1cc(CNc2ccccc2C(=O)Nc2ccc3c(c2)OC(F)(F)O3)ccn1. The largest absolute Gasteiger partial charge is 0.586 e. The average molecular weight is 535 g/mol. The van der Waals surface area contributed by atoms with E-state index in [1.54, 1.807) is 55.1 Å². The highest BCUT2D eigenvalue weighted by atomic mass is 19.3. The van der Waals surface area contributed by atoms with E-state index < -0.39 is 12.2 Å². The molecule has 2 aromatic heterocycles. The zero-order valence-corrected chi connectivity index (χ0v) is 20.6. The van der Waals surface area contributed by atoms with Crippen LogP contribution in [-0.4, -0.2) is 39.2 Å². The lowest BCUT2D eigenvalue weighted by atomic mass is 10.1. The number of imidazole rings is 1. The van der Waals surface area contributed by atoms with Gasteiger partial charge in [0, 0.05) is 55.7 Å². The van der Waals surface area contributed by atoms with Gasteiger partial charge < -0.3 is 30.0 Å². The standard InChI is InChI=1S/C27H24F2N6O4/c28-27(29)38-23-7-6-19(15-24(23)39-27)34-25(36)20-4-1-2-5-21(20)33-16-18-8-10-31-22(14-18)26(37)32-9-3-12-35-13-11-30-17-35/h1-2,4-8,10-11,13-15,17,33H,3,9,12,16H2,(H,32,37)(H,34,36). The maximum absolute atomic E-state index is 13.3. The second-order valence-corrected chi connectivity index (χ2v) is 8.64. The van der Waals surface area contributed by atoms with Gasteiger partial charge in [-0.1, -0.05) is 12.1 Å². The highest BCUT2D eigenvalue weighted by Gasteiger charge is 2.43. The molecule has 2 aromatic carbocycles. The number of hydrogen-bond donors (Lipinski definition) is 3. The molecule has 5 rings (SSSR count). The lowest BCUT2D eigenvalue weighted by molar-refractivity contribution is -0.286. The van der Waals surface area contributed by atoms with Crippen molar-refractivity contribution in [1.29, 1.82) is 0 Å². The van der Waals surface area contributed by atoms with Gasteiger partial charge in [0.25, 0.3) is 11.8 Å². The third-order valence-electron chi connectivity index (χ3n) is 5.81. The minimum absolute atomic E-state index is 0.111. The van der Waals surface area contributed by atoms with Crippen molar-refractivity contribution in [2.45, 2.75) is 25.8 Å². The molecule has 0 spiro atoms. The molecule has 200 valence electrons. The van der Waals surface area contributed by atoms with Crippen molar-refractivity contribution >= 4 is 23.2 Å². The number of amides is 2. The molecule has 0 unspecified atom stereocenters. The molecule has 1 aliphatic heterocycles. The van der Waals surface area contributed by atoms with Gasteiger partial charge in [0.15, 0.2) is 11.5 Å². The quantitative estimate of drug-likeness (QED) is 0.260. The molecule has 1 aliphatic rings. The summed E-state index contributed by atoms with van der Waals surface area (Å²) in [7, 11) is 0. The molecule has 3 N–H and O–H groups in total. The molecule has 0 fully saturated rings. The minimum Gasteiger partial charge on any atom is -0.395 e. The molecule has 0 saturated heterocycles. The first-order valence-electron chi connectivity index (χ1n) is 12.1. The van der Waals surface area contributed by atoms with E-state index in [1.807, 2.05) is 10.8 Å². The first-order chi connectivity index (χ1) is 18.9. The molecule has 0 atom stereocenters. The van der Waals surface area contributed by atoms with Crippen LogP contribution in [0.1, 0.15) is 32.8 Å². The third-order valence-corrected chi connectivity index (χ3v) is 5.81. The van der Waals surface area contributed by atoms with E-state index in [4.69, 9.17) is 0 Å². The fraction of sp³-hybridized carbons (Fsp3) is 0.185. The summed E-state index contributed by atoms with van der Waals surface area (Å²) >= 11 is 0. The van der Waals surface area contributed by atoms with Gasteiger partial charge in [-0.3, -0.25) is 14.6 Å². The van der Waals surface area contributed by atoms with Crippen LogP contribution in [0, 0.1) is 0 Å². The Morgan fingerprint density at radius 2 is 1.82 bits per heavy atom. The van der Waals surface area contributed by atoms with Crippen LogP contribution in [0.15, 0.2) is 79.5 Å². The van der Waals surface area contributed by atoms with Crippen LogP contribution in [0.4, 0.5) is 20.2 Å². The first-order valence-corrected chi connectivity index (χ1v) is 12.1. The molecule has 10 nitrogen and oxygen atoms in total. The Kier molecular flexibility index (Phi) is 7.34. The molecule has 12 heteroatoms. The van der Waals surface area contributed by atoms with Crippen LogP contribution in [-0.2, 0) is 13.1 Å². The van der Waals surface area contributed by atoms with Crippen LogP contribution in [0.25, 0.3) is 0 Å². The number of rotatable bonds is 10. The van der Waals surface area contributed by atoms with E-state index in [-0.39, 0.29) is 28.8 Å². The summed E-state index contributed by atoms with van der Waals surface area (Å²) in [5, 5.41) is 8.76. The molecule has 0 bridgehead atoms. The number of nitrogens with zero attached hydrogens (tertiary/aromatic N) is 3. The predicted octanol–water partition coefficient (Wildman–Crippen LogP) is 4.28. The Bertz CT molecular complexity index is 1480. The molecule has 0 saturated carbocycles. The molecular weight excluding hydrogens is 510 g/mol. The Balaban J connectivity index is 1.18. The van der Waals surface area contributed by atoms with Crippen molar-refractivity contribution in [2.75, 3.05) is 17.2 Å². The van der Waals surface area contributed by atoms with E-state index in [1.165, 1.54) is 18.2 Å². The van der Waals surface area contributed by atoms with Gasteiger partial charge in [0.2, 0.25) is 0 Å². The van der Waals surface area contributed by atoms with E-state index in [2.05, 4.69) is 35.4 Å². The van der Waals surface area contributed by atoms with E-state index in [9.17, 15) is 18.4 Å². The number of anilines is 2. The summed E-state index contributed by atoms with van der Waals surface area (Å²) in [6.45, 7) is 1.57. The number of para-hydroxylation sites is 1. The van der Waals surface area contributed by atoms with Gasteiger partial charge >= 0.3 is 6.29 Å². The van der Waals surface area contributed by atoms with Crippen molar-refractivity contribution < 1.29 is 27.8 Å². The summed E-state index contributed by atoms with van der Waals surface area (Å²) < 4.78 is 37.3. The lowest BCUT2D eigenvalue weighted by Gasteiger charge is -2.13. The molecule has 4 aromatic rings. The number of hydrogen-bond acceptors (Lipinski definition) is 7. The molecule has 2 amide bonds. The lowest BCUT2D eigenvalue weighted by Crippen LogP contribution is -2.26. The summed E-state index contributed by atoms with van der Waals surface area (Å²) in [5.41, 5.74) is 2.23. The second kappa shape index (κ2) is 11.2. The Labute approximate surface area is 222 Å². The molecule has 0 aliphatic carbocycles. The number of fused-ring (bicyclic) bond motifs is 1. The number of nitrogens with one attached hydrogen (secondary N) is 3. The van der Waals surface area contributed by atoms with Crippen molar-refractivity contribution in [3.05, 3.63) is 96.3 Å². The molecule has 0 radical (unpaired) electrons. The molecule has 39 heavy (non-hydrogen) atoms. The number of benzene rings is 2. The van der Waals surface area contributed by atoms with Crippen molar-refractivity contribution in [2.24, 2.45) is 0 Å². The number of carbonyl (C=O) groups excluding carboxylic acids is 2. The minimum atomic E-state index is -3.74. The maximum Gasteiger partial charge on any atom is 0.586 e. The predicted molar refractivity (Wildman–Crippen MR) is 138 cm³/mol. The van der Waals surface area contributed by atoms with Crippen LogP contribution < -0.4 is 25.4 Å². The van der Waals surface area contributed by atoms with Gasteiger partial charge in [0.1, 0.15) is 5.69 Å². The van der Waals surface area contributed by atoms with Crippen molar-refractivity contribution in [1.82, 2.24) is 19.9 Å².